The molecule has 0 amide bonds. The van der Waals surface area contributed by atoms with E-state index in [9.17, 15) is 13.2 Å². The Morgan fingerprint density at radius 3 is 2.45 bits per heavy atom. The Balaban J connectivity index is 1.62. The minimum atomic E-state index is -3.45. The normalized spacial score (nSPS) is 18.6. The average Bonchev–Trinajstić information content (AvgIpc) is 3.13. The topological polar surface area (TPSA) is 86.7 Å². The minimum Gasteiger partial charge on any atom is -0.478 e. The number of nitrogens with zero attached hydrogens (tertiary/aromatic N) is 1. The number of benzene rings is 2. The van der Waals surface area contributed by atoms with Gasteiger partial charge in [-0.1, -0.05) is 42.5 Å². The molecule has 2 atom stereocenters. The molecule has 1 fully saturated rings. The summed E-state index contributed by atoms with van der Waals surface area (Å²) in [6, 6.07) is 16.9. The summed E-state index contributed by atoms with van der Waals surface area (Å²) in [7, 11) is -3.45. The molecule has 1 saturated heterocycles. The van der Waals surface area contributed by atoms with E-state index in [0.717, 1.165) is 30.5 Å². The van der Waals surface area contributed by atoms with Crippen LogP contribution in [0.15, 0.2) is 54.6 Å². The lowest BCUT2D eigenvalue weighted by molar-refractivity contribution is 0.0697. The Kier molecular flexibility index (Phi) is 7.05. The van der Waals surface area contributed by atoms with Crippen LogP contribution >= 0.6 is 0 Å². The highest BCUT2D eigenvalue weighted by atomic mass is 32.2. The van der Waals surface area contributed by atoms with Crippen LogP contribution in [-0.4, -0.2) is 42.7 Å². The fourth-order valence-electron chi connectivity index (χ4n) is 3.92. The molecule has 6 nitrogen and oxygen atoms in total. The molecule has 0 radical (unpaired) electrons. The maximum absolute atomic E-state index is 12.6. The molecule has 29 heavy (non-hydrogen) atoms. The molecule has 2 aromatic rings. The van der Waals surface area contributed by atoms with E-state index in [4.69, 9.17) is 5.11 Å². The van der Waals surface area contributed by atoms with Gasteiger partial charge in [-0.2, -0.15) is 0 Å². The number of likely N-dealkylation sites (tertiary alicyclic amines) is 1. The van der Waals surface area contributed by atoms with Crippen molar-refractivity contribution in [3.8, 4) is 0 Å². The van der Waals surface area contributed by atoms with E-state index < -0.39 is 16.0 Å². The van der Waals surface area contributed by atoms with Crippen molar-refractivity contribution < 1.29 is 18.3 Å². The summed E-state index contributed by atoms with van der Waals surface area (Å²) in [6.07, 6.45) is 2.81. The van der Waals surface area contributed by atoms with E-state index in [0.29, 0.717) is 12.5 Å². The summed E-state index contributed by atoms with van der Waals surface area (Å²) >= 11 is 0. The van der Waals surface area contributed by atoms with E-state index in [1.165, 1.54) is 12.1 Å². The van der Waals surface area contributed by atoms with E-state index in [2.05, 4.69) is 28.7 Å². The Morgan fingerprint density at radius 1 is 1.17 bits per heavy atom. The molecule has 0 aliphatic carbocycles. The molecule has 2 N–H and O–H groups in total. The van der Waals surface area contributed by atoms with Gasteiger partial charge in [0.25, 0.3) is 0 Å². The number of hydrogen-bond donors (Lipinski definition) is 2. The largest absolute Gasteiger partial charge is 0.478 e. The SMILES string of the molecule is C[C@H]1CCCN1[C@@H](CCS(=O)(=O)NCc1ccc(C(=O)O)cc1)c1ccccc1. The molecule has 0 bridgehead atoms. The van der Waals surface area contributed by atoms with E-state index >= 15 is 0 Å². The van der Waals surface area contributed by atoms with Crippen molar-refractivity contribution in [3.05, 3.63) is 71.3 Å². The number of carboxylic acid groups (broad SMARTS) is 1. The van der Waals surface area contributed by atoms with Gasteiger partial charge >= 0.3 is 5.97 Å². The summed E-state index contributed by atoms with van der Waals surface area (Å²) in [6.45, 7) is 3.35. The van der Waals surface area contributed by atoms with Crippen LogP contribution in [0.5, 0.6) is 0 Å². The van der Waals surface area contributed by atoms with E-state index in [1.807, 2.05) is 18.2 Å². The van der Waals surface area contributed by atoms with Gasteiger partial charge in [0.1, 0.15) is 0 Å². The summed E-state index contributed by atoms with van der Waals surface area (Å²) in [5.74, 6) is -0.955. The van der Waals surface area contributed by atoms with Crippen LogP contribution in [0.3, 0.4) is 0 Å². The van der Waals surface area contributed by atoms with Crippen LogP contribution in [0.25, 0.3) is 0 Å². The quantitative estimate of drug-likeness (QED) is 0.654. The third-order valence-electron chi connectivity index (χ3n) is 5.55. The van der Waals surface area contributed by atoms with Crippen LogP contribution in [0.4, 0.5) is 0 Å². The molecule has 1 aliphatic heterocycles. The van der Waals surface area contributed by atoms with Crippen molar-refractivity contribution in [2.75, 3.05) is 12.3 Å². The van der Waals surface area contributed by atoms with E-state index in [-0.39, 0.29) is 23.9 Å². The molecule has 7 heteroatoms. The Hall–Kier alpha value is -2.22. The highest BCUT2D eigenvalue weighted by Crippen LogP contribution is 2.32. The zero-order chi connectivity index (χ0) is 20.9. The van der Waals surface area contributed by atoms with Crippen molar-refractivity contribution in [3.63, 3.8) is 0 Å². The number of aromatic carboxylic acids is 1. The third-order valence-corrected chi connectivity index (χ3v) is 6.90. The molecular weight excluding hydrogens is 388 g/mol. The van der Waals surface area contributed by atoms with Gasteiger partial charge in [-0.15, -0.1) is 0 Å². The monoisotopic (exact) mass is 416 g/mol. The fourth-order valence-corrected chi connectivity index (χ4v) is 4.98. The van der Waals surface area contributed by atoms with Crippen LogP contribution in [0.2, 0.25) is 0 Å². The summed E-state index contributed by atoms with van der Waals surface area (Å²) in [5, 5.41) is 8.94. The van der Waals surface area contributed by atoms with Gasteiger partial charge in [-0.05, 0) is 56.0 Å². The minimum absolute atomic E-state index is 0.0446. The van der Waals surface area contributed by atoms with Crippen LogP contribution < -0.4 is 4.72 Å². The highest BCUT2D eigenvalue weighted by Gasteiger charge is 2.29. The lowest BCUT2D eigenvalue weighted by atomic mass is 10.0. The molecule has 0 unspecified atom stereocenters. The first-order valence-electron chi connectivity index (χ1n) is 9.96. The molecule has 3 rings (SSSR count). The van der Waals surface area contributed by atoms with Crippen LogP contribution in [0, 0.1) is 0 Å². The molecule has 1 heterocycles. The Labute approximate surface area is 172 Å². The second kappa shape index (κ2) is 9.52. The Morgan fingerprint density at radius 2 is 1.86 bits per heavy atom. The second-order valence-corrected chi connectivity index (χ2v) is 9.51. The number of sulfonamides is 1. The third kappa shape index (κ3) is 5.88. The molecule has 2 aromatic carbocycles. The van der Waals surface area contributed by atoms with Crippen molar-refractivity contribution in [2.24, 2.45) is 0 Å². The van der Waals surface area contributed by atoms with Crippen LogP contribution in [0.1, 0.15) is 53.7 Å². The smallest absolute Gasteiger partial charge is 0.335 e. The molecule has 0 saturated carbocycles. The van der Waals surface area contributed by atoms with Crippen molar-refractivity contribution in [1.82, 2.24) is 9.62 Å². The van der Waals surface area contributed by atoms with E-state index in [1.54, 1.807) is 12.1 Å². The first kappa shape index (κ1) is 21.5. The number of nitrogens with one attached hydrogen (secondary N) is 1. The molecular formula is C22H28N2O4S. The van der Waals surface area contributed by atoms with Crippen molar-refractivity contribution in [1.29, 1.82) is 0 Å². The maximum Gasteiger partial charge on any atom is 0.335 e. The van der Waals surface area contributed by atoms with Crippen molar-refractivity contribution >= 4 is 16.0 Å². The maximum atomic E-state index is 12.6. The number of carbonyl (C=O) groups is 1. The average molecular weight is 417 g/mol. The highest BCUT2D eigenvalue weighted by molar-refractivity contribution is 7.89. The zero-order valence-electron chi connectivity index (χ0n) is 16.6. The van der Waals surface area contributed by atoms with Crippen LogP contribution in [-0.2, 0) is 16.6 Å². The summed E-state index contributed by atoms with van der Waals surface area (Å²) in [5.41, 5.74) is 2.06. The van der Waals surface area contributed by atoms with Gasteiger partial charge in [0.05, 0.1) is 11.3 Å². The van der Waals surface area contributed by atoms with Gasteiger partial charge in [-0.25, -0.2) is 17.9 Å². The van der Waals surface area contributed by atoms with Crippen molar-refractivity contribution in [2.45, 2.75) is 44.8 Å². The summed E-state index contributed by atoms with van der Waals surface area (Å²) < 4.78 is 27.8. The molecule has 0 spiro atoms. The first-order chi connectivity index (χ1) is 13.9. The first-order valence-corrected chi connectivity index (χ1v) is 11.6. The standard InChI is InChI=1S/C22H28N2O4S/c1-17-6-5-14-24(17)21(19-7-3-2-4-8-19)13-15-29(27,28)23-16-18-9-11-20(12-10-18)22(25)26/h2-4,7-12,17,21,23H,5-6,13-16H2,1H3,(H,25,26)/t17-,21-/m0/s1. The second-order valence-electron chi connectivity index (χ2n) is 7.59. The number of rotatable bonds is 9. The molecule has 0 aromatic heterocycles. The molecule has 156 valence electrons. The fraction of sp³-hybridized carbons (Fsp3) is 0.409. The number of carboxylic acids is 1. The van der Waals surface area contributed by atoms with Gasteiger partial charge < -0.3 is 5.11 Å². The van der Waals surface area contributed by atoms with Gasteiger partial charge in [0.2, 0.25) is 10.0 Å². The molecule has 1 aliphatic rings. The van der Waals surface area contributed by atoms with Gasteiger partial charge in [0.15, 0.2) is 0 Å². The summed E-state index contributed by atoms with van der Waals surface area (Å²) in [4.78, 5) is 13.3. The van der Waals surface area contributed by atoms with Gasteiger partial charge in [-0.3, -0.25) is 4.90 Å². The lowest BCUT2D eigenvalue weighted by Gasteiger charge is -2.32. The predicted octanol–water partition coefficient (Wildman–Crippen LogP) is 3.42. The zero-order valence-corrected chi connectivity index (χ0v) is 17.4. The van der Waals surface area contributed by atoms with Gasteiger partial charge in [0, 0.05) is 18.6 Å². The Bertz CT molecular complexity index is 914. The lowest BCUT2D eigenvalue weighted by Crippen LogP contribution is -2.34. The predicted molar refractivity (Wildman–Crippen MR) is 113 cm³/mol. The number of hydrogen-bond acceptors (Lipinski definition) is 4.